The second-order valence-corrected chi connectivity index (χ2v) is 5.00. The van der Waals surface area contributed by atoms with Gasteiger partial charge >= 0.3 is 5.97 Å². The van der Waals surface area contributed by atoms with Gasteiger partial charge in [0, 0.05) is 12.6 Å². The molecule has 18 heavy (non-hydrogen) atoms. The third kappa shape index (κ3) is 6.36. The van der Waals surface area contributed by atoms with Gasteiger partial charge in [0.25, 0.3) is 0 Å². The molecular formula is C14H27NO3. The predicted octanol–water partition coefficient (Wildman–Crippen LogP) is 2.12. The smallest absolute Gasteiger partial charge is 0.332 e. The van der Waals surface area contributed by atoms with Crippen LogP contribution in [0, 0.1) is 5.92 Å². The second-order valence-electron chi connectivity index (χ2n) is 5.00. The first kappa shape index (κ1) is 15.4. The molecule has 1 atom stereocenters. The van der Waals surface area contributed by atoms with Gasteiger partial charge in [-0.2, -0.15) is 0 Å². The van der Waals surface area contributed by atoms with Crippen LogP contribution in [0.3, 0.4) is 0 Å². The fourth-order valence-corrected chi connectivity index (χ4v) is 2.52. The Hall–Kier alpha value is -0.610. The Morgan fingerprint density at radius 3 is 2.72 bits per heavy atom. The van der Waals surface area contributed by atoms with E-state index in [9.17, 15) is 4.79 Å². The Bertz CT molecular complexity index is 227. The van der Waals surface area contributed by atoms with Crippen LogP contribution >= 0.6 is 0 Å². The van der Waals surface area contributed by atoms with Crippen LogP contribution in [0.5, 0.6) is 0 Å². The highest BCUT2D eigenvalue weighted by Gasteiger charge is 2.19. The number of esters is 1. The van der Waals surface area contributed by atoms with E-state index in [2.05, 4.69) is 12.2 Å². The summed E-state index contributed by atoms with van der Waals surface area (Å²) < 4.78 is 10.0. The average molecular weight is 257 g/mol. The van der Waals surface area contributed by atoms with E-state index in [-0.39, 0.29) is 12.6 Å². The molecule has 1 aliphatic carbocycles. The number of hydrogen-bond donors (Lipinski definition) is 1. The second kappa shape index (κ2) is 9.34. The topological polar surface area (TPSA) is 47.6 Å². The third-order valence-corrected chi connectivity index (χ3v) is 3.59. The van der Waals surface area contributed by atoms with Crippen LogP contribution in [0.1, 0.15) is 46.0 Å². The van der Waals surface area contributed by atoms with Crippen molar-refractivity contribution < 1.29 is 14.3 Å². The molecule has 1 N–H and O–H groups in total. The summed E-state index contributed by atoms with van der Waals surface area (Å²) in [6.07, 6.45) is 6.83. The molecule has 0 bridgehead atoms. The molecule has 1 fully saturated rings. The van der Waals surface area contributed by atoms with Crippen molar-refractivity contribution in [3.8, 4) is 0 Å². The Kier molecular flexibility index (Phi) is 8.01. The SMILES string of the molecule is CCOC(=O)COCCNC(C)C1CCCCC1. The highest BCUT2D eigenvalue weighted by molar-refractivity contribution is 5.70. The minimum absolute atomic E-state index is 0.0628. The van der Waals surface area contributed by atoms with Gasteiger partial charge in [0.05, 0.1) is 13.2 Å². The van der Waals surface area contributed by atoms with Crippen LogP contribution in [0.4, 0.5) is 0 Å². The summed E-state index contributed by atoms with van der Waals surface area (Å²) in [4.78, 5) is 11.0. The van der Waals surface area contributed by atoms with Crippen LogP contribution < -0.4 is 5.32 Å². The largest absolute Gasteiger partial charge is 0.464 e. The Labute approximate surface area is 110 Å². The fourth-order valence-electron chi connectivity index (χ4n) is 2.52. The molecule has 1 aliphatic rings. The van der Waals surface area contributed by atoms with E-state index in [1.165, 1.54) is 32.1 Å². The number of carbonyl (C=O) groups excluding carboxylic acids is 1. The molecule has 1 rings (SSSR count). The monoisotopic (exact) mass is 257 g/mol. The molecule has 0 aromatic heterocycles. The van der Waals surface area contributed by atoms with Gasteiger partial charge < -0.3 is 14.8 Å². The molecule has 1 unspecified atom stereocenters. The minimum atomic E-state index is -0.280. The van der Waals surface area contributed by atoms with Crippen molar-refractivity contribution in [2.45, 2.75) is 52.0 Å². The van der Waals surface area contributed by atoms with Crippen molar-refractivity contribution in [1.82, 2.24) is 5.32 Å². The summed E-state index contributed by atoms with van der Waals surface area (Å²) in [5.41, 5.74) is 0. The molecule has 4 nitrogen and oxygen atoms in total. The van der Waals surface area contributed by atoms with Crippen LogP contribution in [-0.2, 0) is 14.3 Å². The van der Waals surface area contributed by atoms with Gasteiger partial charge in [-0.3, -0.25) is 0 Å². The van der Waals surface area contributed by atoms with Crippen LogP contribution in [0.2, 0.25) is 0 Å². The fraction of sp³-hybridized carbons (Fsp3) is 0.929. The van der Waals surface area contributed by atoms with Crippen LogP contribution in [0.15, 0.2) is 0 Å². The maximum absolute atomic E-state index is 11.0. The van der Waals surface area contributed by atoms with Gasteiger partial charge in [0.2, 0.25) is 0 Å². The van der Waals surface area contributed by atoms with E-state index in [4.69, 9.17) is 9.47 Å². The summed E-state index contributed by atoms with van der Waals surface area (Å²) in [7, 11) is 0. The standard InChI is InChI=1S/C14H27NO3/c1-3-18-14(16)11-17-10-9-15-12(2)13-7-5-4-6-8-13/h12-13,15H,3-11H2,1-2H3. The number of hydrogen-bond acceptors (Lipinski definition) is 4. The number of rotatable bonds is 8. The zero-order valence-electron chi connectivity index (χ0n) is 11.7. The maximum Gasteiger partial charge on any atom is 0.332 e. The molecule has 0 aromatic carbocycles. The van der Waals surface area contributed by atoms with Gasteiger partial charge in [-0.05, 0) is 32.6 Å². The van der Waals surface area contributed by atoms with E-state index in [0.717, 1.165) is 12.5 Å². The van der Waals surface area contributed by atoms with Gasteiger partial charge in [-0.25, -0.2) is 4.79 Å². The lowest BCUT2D eigenvalue weighted by Crippen LogP contribution is -2.36. The molecule has 106 valence electrons. The van der Waals surface area contributed by atoms with Gasteiger partial charge in [-0.15, -0.1) is 0 Å². The van der Waals surface area contributed by atoms with Crippen LogP contribution in [-0.4, -0.2) is 38.4 Å². The Balaban J connectivity index is 1.98. The molecule has 0 amide bonds. The van der Waals surface area contributed by atoms with E-state index in [1.54, 1.807) is 6.92 Å². The summed E-state index contributed by atoms with van der Waals surface area (Å²) in [5, 5.41) is 3.48. The summed E-state index contributed by atoms with van der Waals surface area (Å²) >= 11 is 0. The lowest BCUT2D eigenvalue weighted by Gasteiger charge is -2.28. The highest BCUT2D eigenvalue weighted by Crippen LogP contribution is 2.26. The molecule has 1 saturated carbocycles. The number of carbonyl (C=O) groups is 1. The highest BCUT2D eigenvalue weighted by atomic mass is 16.6. The molecule has 0 radical (unpaired) electrons. The Morgan fingerprint density at radius 2 is 2.06 bits per heavy atom. The third-order valence-electron chi connectivity index (χ3n) is 3.59. The van der Waals surface area contributed by atoms with E-state index < -0.39 is 0 Å². The van der Waals surface area contributed by atoms with E-state index in [1.807, 2.05) is 0 Å². The normalized spacial score (nSPS) is 18.6. The molecule has 0 heterocycles. The van der Waals surface area contributed by atoms with Crippen molar-refractivity contribution in [2.24, 2.45) is 5.92 Å². The minimum Gasteiger partial charge on any atom is -0.464 e. The quantitative estimate of drug-likeness (QED) is 0.534. The summed E-state index contributed by atoms with van der Waals surface area (Å²) in [6.45, 7) is 5.89. The molecular weight excluding hydrogens is 230 g/mol. The lowest BCUT2D eigenvalue weighted by molar-refractivity contribution is -0.148. The lowest BCUT2D eigenvalue weighted by atomic mass is 9.84. The van der Waals surface area contributed by atoms with Crippen molar-refractivity contribution in [3.05, 3.63) is 0 Å². The molecule has 4 heteroatoms. The number of ether oxygens (including phenoxy) is 2. The number of nitrogens with one attached hydrogen (secondary N) is 1. The zero-order valence-corrected chi connectivity index (χ0v) is 11.7. The molecule has 0 aliphatic heterocycles. The first-order valence-electron chi connectivity index (χ1n) is 7.20. The first-order chi connectivity index (χ1) is 8.74. The van der Waals surface area contributed by atoms with Crippen molar-refractivity contribution in [3.63, 3.8) is 0 Å². The van der Waals surface area contributed by atoms with Gasteiger partial charge in [0.15, 0.2) is 0 Å². The van der Waals surface area contributed by atoms with Crippen LogP contribution in [0.25, 0.3) is 0 Å². The zero-order chi connectivity index (χ0) is 13.2. The van der Waals surface area contributed by atoms with Crippen molar-refractivity contribution >= 4 is 5.97 Å². The average Bonchev–Trinajstić information content (AvgIpc) is 2.39. The van der Waals surface area contributed by atoms with Crippen molar-refractivity contribution in [1.29, 1.82) is 0 Å². The predicted molar refractivity (Wildman–Crippen MR) is 71.5 cm³/mol. The van der Waals surface area contributed by atoms with Gasteiger partial charge in [0.1, 0.15) is 6.61 Å². The molecule has 0 aromatic rings. The van der Waals surface area contributed by atoms with E-state index >= 15 is 0 Å². The first-order valence-corrected chi connectivity index (χ1v) is 7.20. The van der Waals surface area contributed by atoms with Gasteiger partial charge in [-0.1, -0.05) is 19.3 Å². The summed E-state index contributed by atoms with van der Waals surface area (Å²) in [5.74, 6) is 0.529. The Morgan fingerprint density at radius 1 is 1.33 bits per heavy atom. The summed E-state index contributed by atoms with van der Waals surface area (Å²) in [6, 6.07) is 0.552. The van der Waals surface area contributed by atoms with Crippen molar-refractivity contribution in [2.75, 3.05) is 26.4 Å². The maximum atomic E-state index is 11.0. The molecule has 0 spiro atoms. The molecule has 0 saturated heterocycles. The van der Waals surface area contributed by atoms with E-state index in [0.29, 0.717) is 19.3 Å².